The summed E-state index contributed by atoms with van der Waals surface area (Å²) in [5.74, 6) is -0.826. The first kappa shape index (κ1) is 22.1. The Bertz CT molecular complexity index is 863. The van der Waals surface area contributed by atoms with Gasteiger partial charge in [0.05, 0.1) is 37.8 Å². The number of hydrogen-bond donors (Lipinski definition) is 0. The lowest BCUT2D eigenvalue weighted by Gasteiger charge is -2.35. The molecule has 0 bridgehead atoms. The number of methoxy groups -OCH3 is 1. The van der Waals surface area contributed by atoms with E-state index in [1.54, 1.807) is 12.1 Å². The van der Waals surface area contributed by atoms with Crippen molar-refractivity contribution in [2.75, 3.05) is 52.9 Å². The molecule has 28 heavy (non-hydrogen) atoms. The van der Waals surface area contributed by atoms with Crippen molar-refractivity contribution in [3.8, 4) is 6.07 Å². The summed E-state index contributed by atoms with van der Waals surface area (Å²) in [6, 6.07) is 8.12. The highest BCUT2D eigenvalue weighted by molar-refractivity contribution is 7.89. The van der Waals surface area contributed by atoms with Gasteiger partial charge in [-0.15, -0.1) is 0 Å². The van der Waals surface area contributed by atoms with Crippen LogP contribution in [-0.2, 0) is 24.3 Å². The molecule has 9 nitrogen and oxygen atoms in total. The summed E-state index contributed by atoms with van der Waals surface area (Å²) in [5.41, 5.74) is 0. The van der Waals surface area contributed by atoms with Gasteiger partial charge in [-0.1, -0.05) is 23.7 Å². The molecular formula is C17H21ClN4O5S. The van der Waals surface area contributed by atoms with Gasteiger partial charge in [0.25, 0.3) is 0 Å². The van der Waals surface area contributed by atoms with Crippen LogP contribution >= 0.6 is 11.6 Å². The minimum absolute atomic E-state index is 0.0368. The zero-order valence-electron chi connectivity index (χ0n) is 15.4. The Morgan fingerprint density at radius 1 is 1.21 bits per heavy atom. The highest BCUT2D eigenvalue weighted by atomic mass is 35.5. The van der Waals surface area contributed by atoms with Gasteiger partial charge in [-0.25, -0.2) is 8.42 Å². The average molecular weight is 429 g/mol. The van der Waals surface area contributed by atoms with Crippen LogP contribution in [0.1, 0.15) is 0 Å². The molecule has 1 aromatic carbocycles. The number of carbonyl (C=O) groups excluding carboxylic acids is 2. The van der Waals surface area contributed by atoms with E-state index in [1.165, 1.54) is 33.3 Å². The summed E-state index contributed by atoms with van der Waals surface area (Å²) in [6.45, 7) is 0.295. The summed E-state index contributed by atoms with van der Waals surface area (Å²) in [4.78, 5) is 26.8. The first-order valence-electron chi connectivity index (χ1n) is 8.48. The lowest BCUT2D eigenvalue weighted by molar-refractivity contribution is -0.142. The van der Waals surface area contributed by atoms with Crippen molar-refractivity contribution in [1.82, 2.24) is 14.1 Å². The Labute approximate surface area is 169 Å². The van der Waals surface area contributed by atoms with E-state index in [1.807, 2.05) is 6.07 Å². The largest absolute Gasteiger partial charge is 0.468 e. The topological polar surface area (TPSA) is 111 Å². The zero-order valence-corrected chi connectivity index (χ0v) is 16.9. The molecule has 1 fully saturated rings. The number of benzene rings is 1. The van der Waals surface area contributed by atoms with E-state index in [-0.39, 0.29) is 61.6 Å². The van der Waals surface area contributed by atoms with E-state index in [0.717, 1.165) is 0 Å². The summed E-state index contributed by atoms with van der Waals surface area (Å²) >= 11 is 6.01. The third-order valence-electron chi connectivity index (χ3n) is 4.28. The third-order valence-corrected chi connectivity index (χ3v) is 6.68. The molecule has 0 aliphatic carbocycles. The molecular weight excluding hydrogens is 408 g/mol. The zero-order chi connectivity index (χ0) is 20.7. The van der Waals surface area contributed by atoms with Gasteiger partial charge in [0.15, 0.2) is 0 Å². The smallest absolute Gasteiger partial charge is 0.319 e. The van der Waals surface area contributed by atoms with Crippen LogP contribution in [0, 0.1) is 11.3 Å². The van der Waals surface area contributed by atoms with Crippen LogP contribution in [-0.4, -0.2) is 87.3 Å². The van der Waals surface area contributed by atoms with Crippen molar-refractivity contribution in [2.45, 2.75) is 4.90 Å². The molecule has 0 radical (unpaired) electrons. The highest BCUT2D eigenvalue weighted by Gasteiger charge is 2.31. The summed E-state index contributed by atoms with van der Waals surface area (Å²) in [7, 11) is -2.51. The first-order valence-corrected chi connectivity index (χ1v) is 10.3. The van der Waals surface area contributed by atoms with Gasteiger partial charge in [0.1, 0.15) is 4.90 Å². The minimum Gasteiger partial charge on any atom is -0.468 e. The number of sulfonamides is 1. The molecule has 0 atom stereocenters. The second-order valence-electron chi connectivity index (χ2n) is 6.09. The van der Waals surface area contributed by atoms with Crippen molar-refractivity contribution in [1.29, 1.82) is 5.26 Å². The van der Waals surface area contributed by atoms with Crippen molar-refractivity contribution >= 4 is 33.5 Å². The Morgan fingerprint density at radius 3 is 2.43 bits per heavy atom. The van der Waals surface area contributed by atoms with Gasteiger partial charge in [0, 0.05) is 26.2 Å². The first-order chi connectivity index (χ1) is 13.3. The van der Waals surface area contributed by atoms with Crippen LogP contribution in [0.5, 0.6) is 0 Å². The molecule has 2 rings (SSSR count). The number of nitriles is 1. The molecule has 152 valence electrons. The van der Waals surface area contributed by atoms with Crippen molar-refractivity contribution in [2.24, 2.45) is 0 Å². The Balaban J connectivity index is 1.97. The normalized spacial score (nSPS) is 15.3. The van der Waals surface area contributed by atoms with E-state index in [0.29, 0.717) is 0 Å². The third kappa shape index (κ3) is 5.42. The van der Waals surface area contributed by atoms with E-state index in [4.69, 9.17) is 16.9 Å². The number of ether oxygens (including phenoxy) is 1. The van der Waals surface area contributed by atoms with Gasteiger partial charge < -0.3 is 9.64 Å². The Kier molecular flexibility index (Phi) is 7.77. The van der Waals surface area contributed by atoms with Crippen LogP contribution < -0.4 is 0 Å². The summed E-state index contributed by atoms with van der Waals surface area (Å²) in [6.07, 6.45) is 0. The maximum absolute atomic E-state index is 12.7. The molecule has 0 N–H and O–H groups in total. The number of carbonyl (C=O) groups is 2. The number of piperazine rings is 1. The maximum Gasteiger partial charge on any atom is 0.319 e. The minimum atomic E-state index is -3.74. The fourth-order valence-corrected chi connectivity index (χ4v) is 4.69. The van der Waals surface area contributed by atoms with E-state index < -0.39 is 16.0 Å². The quantitative estimate of drug-likeness (QED) is 0.449. The van der Waals surface area contributed by atoms with Gasteiger partial charge in [0.2, 0.25) is 15.9 Å². The number of hydrogen-bond acceptors (Lipinski definition) is 7. The summed E-state index contributed by atoms with van der Waals surface area (Å²) < 4.78 is 31.3. The molecule has 1 aliphatic heterocycles. The van der Waals surface area contributed by atoms with Gasteiger partial charge in [-0.05, 0) is 12.1 Å². The highest BCUT2D eigenvalue weighted by Crippen LogP contribution is 2.25. The maximum atomic E-state index is 12.7. The van der Waals surface area contributed by atoms with Crippen molar-refractivity contribution < 1.29 is 22.7 Å². The number of esters is 1. The van der Waals surface area contributed by atoms with Crippen LogP contribution in [0.4, 0.5) is 0 Å². The lowest BCUT2D eigenvalue weighted by Crippen LogP contribution is -2.52. The van der Waals surface area contributed by atoms with Crippen LogP contribution in [0.25, 0.3) is 0 Å². The van der Waals surface area contributed by atoms with Gasteiger partial charge in [-0.2, -0.15) is 9.57 Å². The predicted octanol–water partition coefficient (Wildman–Crippen LogP) is 0.171. The van der Waals surface area contributed by atoms with Crippen LogP contribution in [0.3, 0.4) is 0 Å². The van der Waals surface area contributed by atoms with Crippen molar-refractivity contribution in [3.05, 3.63) is 29.3 Å². The number of halogens is 1. The number of rotatable bonds is 7. The van der Waals surface area contributed by atoms with E-state index in [2.05, 4.69) is 4.74 Å². The second kappa shape index (κ2) is 9.84. The Morgan fingerprint density at radius 2 is 1.86 bits per heavy atom. The molecule has 0 saturated carbocycles. The Hall–Kier alpha value is -2.19. The summed E-state index contributed by atoms with van der Waals surface area (Å²) in [5, 5.41) is 9.00. The van der Waals surface area contributed by atoms with Crippen molar-refractivity contribution in [3.63, 3.8) is 0 Å². The van der Waals surface area contributed by atoms with Crippen LogP contribution in [0.2, 0.25) is 5.02 Å². The number of amides is 1. The number of nitrogens with zero attached hydrogens (tertiary/aromatic N) is 4. The average Bonchev–Trinajstić information content (AvgIpc) is 2.68. The molecule has 0 spiro atoms. The second-order valence-corrected chi connectivity index (χ2v) is 8.41. The van der Waals surface area contributed by atoms with Gasteiger partial charge in [-0.3, -0.25) is 14.5 Å². The van der Waals surface area contributed by atoms with E-state index >= 15 is 0 Å². The SMILES string of the molecule is COC(=O)CN(CC#N)CC(=O)N1CCN(S(=O)(=O)c2ccccc2Cl)CC1. The molecule has 1 aromatic rings. The molecule has 1 amide bonds. The molecule has 0 aromatic heterocycles. The molecule has 1 aliphatic rings. The monoisotopic (exact) mass is 428 g/mol. The van der Waals surface area contributed by atoms with E-state index in [9.17, 15) is 18.0 Å². The molecule has 0 unspecified atom stereocenters. The lowest BCUT2D eigenvalue weighted by atomic mass is 10.3. The fourth-order valence-electron chi connectivity index (χ4n) is 2.78. The van der Waals surface area contributed by atoms with Crippen LogP contribution in [0.15, 0.2) is 29.2 Å². The van der Waals surface area contributed by atoms with Gasteiger partial charge >= 0.3 is 5.97 Å². The molecule has 1 saturated heterocycles. The fraction of sp³-hybridized carbons (Fsp3) is 0.471. The standard InChI is InChI=1S/C17H21ClN4O5S/c1-27-17(24)13-20(7-6-19)12-16(23)21-8-10-22(11-9-21)28(25,26)15-5-3-2-4-14(15)18/h2-5H,7-13H2,1H3. The molecule has 11 heteroatoms. The predicted molar refractivity (Wildman–Crippen MR) is 101 cm³/mol. The molecule has 1 heterocycles.